The summed E-state index contributed by atoms with van der Waals surface area (Å²) in [5, 5.41) is 0. The number of esters is 1. The molecule has 0 N–H and O–H groups in total. The number of carbonyl (C=O) groups excluding carboxylic acids is 1. The summed E-state index contributed by atoms with van der Waals surface area (Å²) < 4.78 is 64.5. The standard InChI is InChI=1S/C13H17F5O2/c1-9(2)5-4-6-10(3)7-8-20-11(19)12(14,15)13(16,17)18/h5,7H,4,6,8H2,1-3H3/b10-7-. The van der Waals surface area contributed by atoms with Crippen molar-refractivity contribution in [1.82, 2.24) is 0 Å². The molecule has 0 saturated heterocycles. The van der Waals surface area contributed by atoms with Crippen LogP contribution in [0.5, 0.6) is 0 Å². The molecule has 116 valence electrons. The Morgan fingerprint density at radius 1 is 1.05 bits per heavy atom. The third-order valence-electron chi connectivity index (χ3n) is 2.35. The predicted octanol–water partition coefficient (Wildman–Crippen LogP) is 4.42. The molecule has 0 fully saturated rings. The van der Waals surface area contributed by atoms with Crippen molar-refractivity contribution in [3.05, 3.63) is 23.3 Å². The van der Waals surface area contributed by atoms with Crippen LogP contribution in [-0.2, 0) is 9.53 Å². The second kappa shape index (κ2) is 7.40. The lowest BCUT2D eigenvalue weighted by molar-refractivity contribution is -0.280. The first-order valence-corrected chi connectivity index (χ1v) is 5.89. The number of alkyl halides is 5. The van der Waals surface area contributed by atoms with Crippen LogP contribution in [0.3, 0.4) is 0 Å². The van der Waals surface area contributed by atoms with Crippen LogP contribution in [0.4, 0.5) is 22.0 Å². The highest BCUT2D eigenvalue weighted by molar-refractivity contribution is 5.78. The molecule has 0 aromatic carbocycles. The van der Waals surface area contributed by atoms with Gasteiger partial charge in [0, 0.05) is 0 Å². The van der Waals surface area contributed by atoms with E-state index in [1.807, 2.05) is 19.9 Å². The van der Waals surface area contributed by atoms with Gasteiger partial charge in [-0.15, -0.1) is 0 Å². The van der Waals surface area contributed by atoms with Gasteiger partial charge >= 0.3 is 18.1 Å². The second-order valence-corrected chi connectivity index (χ2v) is 4.54. The minimum atomic E-state index is -5.94. The molecule has 0 saturated carbocycles. The van der Waals surface area contributed by atoms with E-state index < -0.39 is 24.7 Å². The zero-order valence-electron chi connectivity index (χ0n) is 11.5. The molecule has 0 aliphatic heterocycles. The van der Waals surface area contributed by atoms with Gasteiger partial charge in [-0.3, -0.25) is 0 Å². The molecular formula is C13H17F5O2. The summed E-state index contributed by atoms with van der Waals surface area (Å²) in [4.78, 5) is 10.7. The number of allylic oxidation sites excluding steroid dienone is 3. The van der Waals surface area contributed by atoms with Crippen molar-refractivity contribution >= 4 is 5.97 Å². The smallest absolute Gasteiger partial charge is 0.457 e. The van der Waals surface area contributed by atoms with Crippen molar-refractivity contribution in [2.45, 2.75) is 45.7 Å². The van der Waals surface area contributed by atoms with Crippen LogP contribution in [0.1, 0.15) is 33.6 Å². The number of rotatable bonds is 6. The molecular weight excluding hydrogens is 283 g/mol. The molecule has 7 heteroatoms. The fraction of sp³-hybridized carbons (Fsp3) is 0.615. The zero-order chi connectivity index (χ0) is 16.0. The van der Waals surface area contributed by atoms with Crippen LogP contribution in [-0.4, -0.2) is 24.7 Å². The van der Waals surface area contributed by atoms with Crippen molar-refractivity contribution in [1.29, 1.82) is 0 Å². The summed E-state index contributed by atoms with van der Waals surface area (Å²) in [7, 11) is 0. The molecule has 0 radical (unpaired) electrons. The summed E-state index contributed by atoms with van der Waals surface area (Å²) in [6.45, 7) is 4.90. The molecule has 0 aromatic heterocycles. The average molecular weight is 300 g/mol. The topological polar surface area (TPSA) is 26.3 Å². The number of ether oxygens (including phenoxy) is 1. The Kier molecular flexibility index (Phi) is 6.88. The van der Waals surface area contributed by atoms with Gasteiger partial charge in [-0.25, -0.2) is 4.79 Å². The monoisotopic (exact) mass is 300 g/mol. The second-order valence-electron chi connectivity index (χ2n) is 4.54. The van der Waals surface area contributed by atoms with E-state index in [4.69, 9.17) is 0 Å². The van der Waals surface area contributed by atoms with Gasteiger partial charge < -0.3 is 4.74 Å². The molecule has 0 bridgehead atoms. The number of hydrogen-bond acceptors (Lipinski definition) is 2. The lowest BCUT2D eigenvalue weighted by Gasteiger charge is -2.17. The molecule has 0 spiro atoms. The fourth-order valence-electron chi connectivity index (χ4n) is 1.16. The average Bonchev–Trinajstić information content (AvgIpc) is 2.26. The number of carbonyl (C=O) groups is 1. The summed E-state index contributed by atoms with van der Waals surface area (Å²) in [6, 6.07) is 0. The summed E-state index contributed by atoms with van der Waals surface area (Å²) in [5.41, 5.74) is 1.86. The van der Waals surface area contributed by atoms with Crippen LogP contribution in [0, 0.1) is 0 Å². The highest BCUT2D eigenvalue weighted by Crippen LogP contribution is 2.36. The maximum Gasteiger partial charge on any atom is 0.465 e. The Labute approximate surface area is 114 Å². The van der Waals surface area contributed by atoms with E-state index >= 15 is 0 Å². The van der Waals surface area contributed by atoms with Crippen LogP contribution in [0.15, 0.2) is 23.3 Å². The van der Waals surface area contributed by atoms with Gasteiger partial charge in [0.25, 0.3) is 0 Å². The summed E-state index contributed by atoms with van der Waals surface area (Å²) >= 11 is 0. The number of halogens is 5. The summed E-state index contributed by atoms with van der Waals surface area (Å²) in [6.07, 6.45) is -1.34. The van der Waals surface area contributed by atoms with Crippen LogP contribution < -0.4 is 0 Å². The van der Waals surface area contributed by atoms with Crippen molar-refractivity contribution in [2.24, 2.45) is 0 Å². The van der Waals surface area contributed by atoms with Gasteiger partial charge in [0.1, 0.15) is 6.61 Å². The first-order valence-electron chi connectivity index (χ1n) is 5.89. The lowest BCUT2D eigenvalue weighted by Crippen LogP contribution is -2.45. The first-order chi connectivity index (χ1) is 8.98. The van der Waals surface area contributed by atoms with Gasteiger partial charge in [0.2, 0.25) is 0 Å². The highest BCUT2D eigenvalue weighted by atomic mass is 19.4. The molecule has 2 nitrogen and oxygen atoms in total. The Morgan fingerprint density at radius 3 is 2.05 bits per heavy atom. The van der Waals surface area contributed by atoms with Gasteiger partial charge in [0.05, 0.1) is 0 Å². The lowest BCUT2D eigenvalue weighted by atomic mass is 10.1. The quantitative estimate of drug-likeness (QED) is 0.412. The van der Waals surface area contributed by atoms with E-state index in [0.717, 1.165) is 17.6 Å². The van der Waals surface area contributed by atoms with E-state index in [1.165, 1.54) is 6.08 Å². The molecule has 0 aliphatic rings. The summed E-state index contributed by atoms with van der Waals surface area (Å²) in [5.74, 6) is -8.06. The minimum absolute atomic E-state index is 0.606. The third kappa shape index (κ3) is 6.16. The predicted molar refractivity (Wildman–Crippen MR) is 64.4 cm³/mol. The van der Waals surface area contributed by atoms with Crippen molar-refractivity contribution in [3.8, 4) is 0 Å². The molecule has 0 unspecified atom stereocenters. The maximum absolute atomic E-state index is 12.5. The van der Waals surface area contributed by atoms with Crippen molar-refractivity contribution < 1.29 is 31.5 Å². The largest absolute Gasteiger partial charge is 0.465 e. The Morgan fingerprint density at radius 2 is 1.60 bits per heavy atom. The van der Waals surface area contributed by atoms with E-state index in [1.54, 1.807) is 6.92 Å². The van der Waals surface area contributed by atoms with Gasteiger partial charge in [-0.2, -0.15) is 22.0 Å². The van der Waals surface area contributed by atoms with Crippen LogP contribution >= 0.6 is 0 Å². The molecule has 0 atom stereocenters. The molecule has 0 heterocycles. The highest BCUT2D eigenvalue weighted by Gasteiger charge is 2.64. The van der Waals surface area contributed by atoms with E-state index in [-0.39, 0.29) is 0 Å². The van der Waals surface area contributed by atoms with Gasteiger partial charge in [-0.1, -0.05) is 17.2 Å². The molecule has 0 rings (SSSR count). The number of hydrogen-bond donors (Lipinski definition) is 0. The Bertz CT molecular complexity index is 390. The third-order valence-corrected chi connectivity index (χ3v) is 2.35. The Hall–Kier alpha value is -1.40. The SMILES string of the molecule is CC(C)=CCC/C(C)=C\COC(=O)C(F)(F)C(F)(F)F. The molecule has 20 heavy (non-hydrogen) atoms. The van der Waals surface area contributed by atoms with Gasteiger partial charge in [-0.05, 0) is 39.7 Å². The Balaban J connectivity index is 4.30. The first kappa shape index (κ1) is 18.6. The van der Waals surface area contributed by atoms with E-state index in [2.05, 4.69) is 4.74 Å². The molecule has 0 aliphatic carbocycles. The van der Waals surface area contributed by atoms with E-state index in [0.29, 0.717) is 6.42 Å². The molecule has 0 amide bonds. The maximum atomic E-state index is 12.5. The van der Waals surface area contributed by atoms with Crippen molar-refractivity contribution in [3.63, 3.8) is 0 Å². The van der Waals surface area contributed by atoms with Crippen LogP contribution in [0.25, 0.3) is 0 Å². The van der Waals surface area contributed by atoms with Crippen molar-refractivity contribution in [2.75, 3.05) is 6.61 Å². The fourth-order valence-corrected chi connectivity index (χ4v) is 1.16. The molecule has 0 aromatic rings. The minimum Gasteiger partial charge on any atom is -0.457 e. The zero-order valence-corrected chi connectivity index (χ0v) is 11.5. The van der Waals surface area contributed by atoms with E-state index in [9.17, 15) is 26.7 Å². The van der Waals surface area contributed by atoms with Crippen LogP contribution in [0.2, 0.25) is 0 Å². The van der Waals surface area contributed by atoms with Gasteiger partial charge in [0.15, 0.2) is 0 Å². The normalized spacial score (nSPS) is 13.1.